The van der Waals surface area contributed by atoms with Gasteiger partial charge < -0.3 is 15.3 Å². The van der Waals surface area contributed by atoms with E-state index in [2.05, 4.69) is 5.32 Å². The van der Waals surface area contributed by atoms with Crippen LogP contribution in [0.1, 0.15) is 12.8 Å². The molecule has 0 aliphatic carbocycles. The van der Waals surface area contributed by atoms with E-state index in [1.54, 1.807) is 11.9 Å². The Bertz CT molecular complexity index is 338. The molecule has 1 saturated heterocycles. The Morgan fingerprint density at radius 3 is 2.75 bits per heavy atom. The van der Waals surface area contributed by atoms with Crippen molar-refractivity contribution in [2.24, 2.45) is 0 Å². The summed E-state index contributed by atoms with van der Waals surface area (Å²) in [5, 5.41) is 11.0. The number of carboxylic acid groups (broad SMARTS) is 1. The molecular weight excluding hydrogens is 212 g/mol. The Morgan fingerprint density at radius 2 is 2.19 bits per heavy atom. The minimum atomic E-state index is -1.16. The lowest BCUT2D eigenvalue weighted by Gasteiger charge is -2.29. The summed E-state index contributed by atoms with van der Waals surface area (Å²) in [6, 6.07) is -0.103. The summed E-state index contributed by atoms with van der Waals surface area (Å²) in [5.41, 5.74) is 0. The summed E-state index contributed by atoms with van der Waals surface area (Å²) in [6.07, 6.45) is 2.76. The molecule has 0 bridgehead atoms. The lowest BCUT2D eigenvalue weighted by Crippen LogP contribution is -2.48. The molecule has 1 heterocycles. The molecule has 0 aromatic carbocycles. The number of nitrogens with one attached hydrogen (secondary N) is 1. The number of piperidine rings is 1. The first kappa shape index (κ1) is 12.2. The van der Waals surface area contributed by atoms with Gasteiger partial charge in [0.15, 0.2) is 0 Å². The fourth-order valence-corrected chi connectivity index (χ4v) is 1.53. The standard InChI is InChI=1S/C10H14N2O4/c1-12-6-7(2-4-9(12)14)11-8(13)3-5-10(15)16/h3,5,7H,2,4,6H2,1H3,(H,11,13)(H,15,16). The second-order valence-electron chi connectivity index (χ2n) is 3.69. The van der Waals surface area contributed by atoms with E-state index >= 15 is 0 Å². The van der Waals surface area contributed by atoms with Crippen LogP contribution >= 0.6 is 0 Å². The zero-order chi connectivity index (χ0) is 12.1. The highest BCUT2D eigenvalue weighted by molar-refractivity contribution is 5.94. The summed E-state index contributed by atoms with van der Waals surface area (Å²) in [4.78, 5) is 34.1. The van der Waals surface area contributed by atoms with Gasteiger partial charge in [0.05, 0.1) is 0 Å². The van der Waals surface area contributed by atoms with E-state index in [0.29, 0.717) is 19.4 Å². The van der Waals surface area contributed by atoms with Crippen LogP contribution in [0.3, 0.4) is 0 Å². The number of likely N-dealkylation sites (tertiary alicyclic amines) is 1. The highest BCUT2D eigenvalue weighted by Crippen LogP contribution is 2.09. The van der Waals surface area contributed by atoms with E-state index in [4.69, 9.17) is 5.11 Å². The molecular formula is C10H14N2O4. The number of aliphatic carboxylic acids is 1. The molecule has 1 aliphatic rings. The Balaban J connectivity index is 2.40. The van der Waals surface area contributed by atoms with Gasteiger partial charge in [0.25, 0.3) is 0 Å². The first-order valence-corrected chi connectivity index (χ1v) is 4.94. The third kappa shape index (κ3) is 3.72. The highest BCUT2D eigenvalue weighted by Gasteiger charge is 2.23. The van der Waals surface area contributed by atoms with Crippen LogP contribution in [0, 0.1) is 0 Å². The molecule has 0 aromatic rings. The molecule has 16 heavy (non-hydrogen) atoms. The predicted molar refractivity (Wildman–Crippen MR) is 55.6 cm³/mol. The second-order valence-corrected chi connectivity index (χ2v) is 3.69. The summed E-state index contributed by atoms with van der Waals surface area (Å²) in [5.74, 6) is -1.55. The number of amides is 2. The van der Waals surface area contributed by atoms with Crippen LogP contribution in [0.2, 0.25) is 0 Å². The Morgan fingerprint density at radius 1 is 1.50 bits per heavy atom. The van der Waals surface area contributed by atoms with Crippen LogP contribution in [0.25, 0.3) is 0 Å². The molecule has 1 rings (SSSR count). The minimum Gasteiger partial charge on any atom is -0.478 e. The lowest BCUT2D eigenvalue weighted by molar-refractivity contribution is -0.133. The minimum absolute atomic E-state index is 0.0616. The van der Waals surface area contributed by atoms with Crippen LogP contribution in [0.15, 0.2) is 12.2 Å². The van der Waals surface area contributed by atoms with Gasteiger partial charge in [-0.1, -0.05) is 0 Å². The van der Waals surface area contributed by atoms with Crippen molar-refractivity contribution < 1.29 is 19.5 Å². The maximum absolute atomic E-state index is 11.2. The summed E-state index contributed by atoms with van der Waals surface area (Å²) >= 11 is 0. The fourth-order valence-electron chi connectivity index (χ4n) is 1.53. The third-order valence-corrected chi connectivity index (χ3v) is 2.35. The molecule has 2 amide bonds. The maximum atomic E-state index is 11.2. The van der Waals surface area contributed by atoms with Crippen LogP contribution in [-0.4, -0.2) is 47.4 Å². The topological polar surface area (TPSA) is 86.7 Å². The summed E-state index contributed by atoms with van der Waals surface area (Å²) < 4.78 is 0. The number of carbonyl (C=O) groups excluding carboxylic acids is 2. The van der Waals surface area contributed by atoms with Gasteiger partial charge in [0.2, 0.25) is 11.8 Å². The van der Waals surface area contributed by atoms with E-state index in [0.717, 1.165) is 12.2 Å². The molecule has 6 heteroatoms. The van der Waals surface area contributed by atoms with Gasteiger partial charge in [-0.25, -0.2) is 4.79 Å². The van der Waals surface area contributed by atoms with E-state index in [1.807, 2.05) is 0 Å². The molecule has 0 radical (unpaired) electrons. The van der Waals surface area contributed by atoms with Crippen LogP contribution < -0.4 is 5.32 Å². The number of carbonyl (C=O) groups is 3. The number of nitrogens with zero attached hydrogens (tertiary/aromatic N) is 1. The summed E-state index contributed by atoms with van der Waals surface area (Å²) in [7, 11) is 1.67. The van der Waals surface area contributed by atoms with Crippen molar-refractivity contribution in [1.29, 1.82) is 0 Å². The number of carboxylic acids is 1. The van der Waals surface area contributed by atoms with Crippen LogP contribution in [-0.2, 0) is 14.4 Å². The van der Waals surface area contributed by atoms with E-state index in [9.17, 15) is 14.4 Å². The smallest absolute Gasteiger partial charge is 0.328 e. The number of hydrogen-bond donors (Lipinski definition) is 2. The first-order valence-electron chi connectivity index (χ1n) is 4.94. The number of rotatable bonds is 3. The van der Waals surface area contributed by atoms with E-state index in [1.165, 1.54) is 0 Å². The van der Waals surface area contributed by atoms with Crippen LogP contribution in [0.4, 0.5) is 0 Å². The van der Waals surface area contributed by atoms with Gasteiger partial charge >= 0.3 is 5.97 Å². The largest absolute Gasteiger partial charge is 0.478 e. The summed E-state index contributed by atoms with van der Waals surface area (Å²) in [6.45, 7) is 0.464. The van der Waals surface area contributed by atoms with Crippen molar-refractivity contribution in [3.63, 3.8) is 0 Å². The van der Waals surface area contributed by atoms with E-state index in [-0.39, 0.29) is 11.9 Å². The molecule has 2 N–H and O–H groups in total. The molecule has 1 aliphatic heterocycles. The van der Waals surface area contributed by atoms with Gasteiger partial charge in [-0.05, 0) is 6.42 Å². The van der Waals surface area contributed by atoms with Crippen molar-refractivity contribution in [3.8, 4) is 0 Å². The van der Waals surface area contributed by atoms with Crippen molar-refractivity contribution in [3.05, 3.63) is 12.2 Å². The molecule has 0 aromatic heterocycles. The van der Waals surface area contributed by atoms with Gasteiger partial charge in [0.1, 0.15) is 0 Å². The second kappa shape index (κ2) is 5.29. The fraction of sp³-hybridized carbons (Fsp3) is 0.500. The molecule has 0 saturated carbocycles. The molecule has 1 atom stereocenters. The highest BCUT2D eigenvalue weighted by atomic mass is 16.4. The Hall–Kier alpha value is -1.85. The number of likely N-dealkylation sites (N-methyl/N-ethyl adjacent to an activating group) is 1. The molecule has 0 spiro atoms. The molecule has 1 unspecified atom stereocenters. The normalized spacial score (nSPS) is 21.2. The number of hydrogen-bond acceptors (Lipinski definition) is 3. The lowest BCUT2D eigenvalue weighted by atomic mass is 10.1. The SMILES string of the molecule is CN1CC(NC(=O)C=CC(=O)O)CCC1=O. The quantitative estimate of drug-likeness (QED) is 0.627. The first-order chi connectivity index (χ1) is 7.49. The molecule has 6 nitrogen and oxygen atoms in total. The van der Waals surface area contributed by atoms with Gasteiger partial charge in [-0.15, -0.1) is 0 Å². The Kier molecular flexibility index (Phi) is 4.04. The monoisotopic (exact) mass is 226 g/mol. The average molecular weight is 226 g/mol. The van der Waals surface area contributed by atoms with E-state index < -0.39 is 11.9 Å². The maximum Gasteiger partial charge on any atom is 0.328 e. The third-order valence-electron chi connectivity index (χ3n) is 2.35. The Labute approximate surface area is 92.9 Å². The van der Waals surface area contributed by atoms with Gasteiger partial charge in [-0.3, -0.25) is 9.59 Å². The molecule has 88 valence electrons. The van der Waals surface area contributed by atoms with Crippen molar-refractivity contribution in [1.82, 2.24) is 10.2 Å². The van der Waals surface area contributed by atoms with Gasteiger partial charge in [-0.2, -0.15) is 0 Å². The van der Waals surface area contributed by atoms with Crippen molar-refractivity contribution in [2.45, 2.75) is 18.9 Å². The average Bonchev–Trinajstić information content (AvgIpc) is 2.21. The van der Waals surface area contributed by atoms with Gasteiger partial charge in [0, 0.05) is 38.2 Å². The molecule has 1 fully saturated rings. The zero-order valence-corrected chi connectivity index (χ0v) is 8.97. The van der Waals surface area contributed by atoms with Crippen molar-refractivity contribution in [2.75, 3.05) is 13.6 Å². The zero-order valence-electron chi connectivity index (χ0n) is 8.97. The van der Waals surface area contributed by atoms with Crippen molar-refractivity contribution >= 4 is 17.8 Å². The van der Waals surface area contributed by atoms with Crippen LogP contribution in [0.5, 0.6) is 0 Å². The predicted octanol–water partition coefficient (Wildman–Crippen LogP) is -0.636.